The molecule has 0 rings (SSSR count). The van der Waals surface area contributed by atoms with Crippen molar-refractivity contribution in [2.75, 3.05) is 6.61 Å². The van der Waals surface area contributed by atoms with E-state index in [1.807, 2.05) is 0 Å². The van der Waals surface area contributed by atoms with Crippen molar-refractivity contribution in [3.05, 3.63) is 0 Å². The Bertz CT molecular complexity index is 252. The summed E-state index contributed by atoms with van der Waals surface area (Å²) in [5.41, 5.74) is 0. The number of rotatable bonds is 11. The van der Waals surface area contributed by atoms with Gasteiger partial charge in [0.15, 0.2) is 0 Å². The second kappa shape index (κ2) is 27.7. The third-order valence-corrected chi connectivity index (χ3v) is 2.96. The normalized spacial score (nSPS) is 9.83. The van der Waals surface area contributed by atoms with Crippen molar-refractivity contribution in [1.82, 2.24) is 0 Å². The van der Waals surface area contributed by atoms with Crippen LogP contribution in [0.2, 0.25) is 0 Å². The first-order valence-corrected chi connectivity index (χ1v) is 10.0. The second-order valence-electron chi connectivity index (χ2n) is 5.30. The molecule has 0 aliphatic heterocycles. The summed E-state index contributed by atoms with van der Waals surface area (Å²) < 4.78 is 31.6. The fourth-order valence-corrected chi connectivity index (χ4v) is 1.91. The van der Waals surface area contributed by atoms with Crippen LogP contribution in [-0.2, 0) is 10.4 Å². The van der Waals surface area contributed by atoms with E-state index < -0.39 is 10.4 Å². The molecule has 0 aliphatic rings. The van der Waals surface area contributed by atoms with Gasteiger partial charge in [-0.05, 0) is 6.92 Å². The van der Waals surface area contributed by atoms with Gasteiger partial charge in [0.05, 0.1) is 0 Å². The minimum atomic E-state index is -4.67. The second-order valence-corrected chi connectivity index (χ2v) is 6.20. The Morgan fingerprint density at radius 3 is 0.870 bits per heavy atom. The van der Waals surface area contributed by atoms with Gasteiger partial charge in [-0.25, -0.2) is 0 Å². The van der Waals surface area contributed by atoms with Crippen LogP contribution in [0.1, 0.15) is 97.8 Å². The van der Waals surface area contributed by atoms with E-state index in [1.165, 1.54) is 77.0 Å². The Hall–Kier alpha value is 0.830. The van der Waals surface area contributed by atoms with Gasteiger partial charge in [-0.1, -0.05) is 90.9 Å². The molecule has 0 heterocycles. The fraction of sp³-hybridized carbons (Fsp3) is 1.00. The van der Waals surface area contributed by atoms with Crippen molar-refractivity contribution >= 4 is 40.0 Å². The summed E-state index contributed by atoms with van der Waals surface area (Å²) in [6, 6.07) is 0. The molecule has 140 valence electrons. The molecular formula is C16H39NaO5S. The molecule has 0 aromatic carbocycles. The number of aliphatic hydroxyl groups excluding tert-OH is 1. The van der Waals surface area contributed by atoms with Gasteiger partial charge in [-0.3, -0.25) is 9.11 Å². The average molecular weight is 367 g/mol. The van der Waals surface area contributed by atoms with E-state index in [4.69, 9.17) is 22.6 Å². The predicted octanol–water partition coefficient (Wildman–Crippen LogP) is 4.40. The Balaban J connectivity index is -0.000000168. The van der Waals surface area contributed by atoms with E-state index in [2.05, 4.69) is 13.8 Å². The predicted molar refractivity (Wildman–Crippen MR) is 101 cm³/mol. The van der Waals surface area contributed by atoms with E-state index in [-0.39, 0.29) is 36.2 Å². The number of aliphatic hydroxyl groups is 1. The molecule has 0 aliphatic carbocycles. The maximum absolute atomic E-state index is 8.74. The molecule has 0 amide bonds. The van der Waals surface area contributed by atoms with Crippen LogP contribution < -0.4 is 0 Å². The molecule has 0 saturated heterocycles. The molecule has 3 N–H and O–H groups in total. The van der Waals surface area contributed by atoms with Crippen molar-refractivity contribution in [1.29, 1.82) is 0 Å². The van der Waals surface area contributed by atoms with Crippen molar-refractivity contribution in [3.8, 4) is 0 Å². The summed E-state index contributed by atoms with van der Waals surface area (Å²) in [7, 11) is -4.67. The molecule has 0 unspecified atom stereocenters. The minimum absolute atomic E-state index is 0. The van der Waals surface area contributed by atoms with E-state index in [0.717, 1.165) is 0 Å². The zero-order chi connectivity index (χ0) is 17.7. The van der Waals surface area contributed by atoms with Crippen LogP contribution in [0.25, 0.3) is 0 Å². The van der Waals surface area contributed by atoms with Crippen LogP contribution >= 0.6 is 0 Å². The number of hydrogen-bond acceptors (Lipinski definition) is 3. The van der Waals surface area contributed by atoms with Crippen molar-refractivity contribution in [2.45, 2.75) is 97.8 Å². The number of hydrogen-bond donors (Lipinski definition) is 3. The first-order valence-electron chi connectivity index (χ1n) is 8.64. The summed E-state index contributed by atoms with van der Waals surface area (Å²) in [6.45, 7) is 6.50. The monoisotopic (exact) mass is 366 g/mol. The molecule has 5 nitrogen and oxygen atoms in total. The molecule has 0 radical (unpaired) electrons. The van der Waals surface area contributed by atoms with Crippen LogP contribution in [-0.4, -0.2) is 58.8 Å². The fourth-order valence-electron chi connectivity index (χ4n) is 1.91. The third-order valence-electron chi connectivity index (χ3n) is 2.96. The Morgan fingerprint density at radius 1 is 0.609 bits per heavy atom. The molecule has 0 saturated carbocycles. The Kier molecular flexibility index (Phi) is 38.0. The molecule has 7 heteroatoms. The molecule has 0 aromatic rings. The van der Waals surface area contributed by atoms with Crippen LogP contribution in [0.15, 0.2) is 0 Å². The van der Waals surface area contributed by atoms with E-state index >= 15 is 0 Å². The van der Waals surface area contributed by atoms with Crippen LogP contribution in [0.4, 0.5) is 0 Å². The van der Waals surface area contributed by atoms with Crippen molar-refractivity contribution in [2.24, 2.45) is 0 Å². The van der Waals surface area contributed by atoms with Gasteiger partial charge in [0.2, 0.25) is 0 Å². The molecule has 0 aromatic heterocycles. The van der Waals surface area contributed by atoms with E-state index in [9.17, 15) is 0 Å². The standard InChI is InChI=1S/C14H30.C2H6O.Na.H2O4S.H/c1-3-5-7-9-11-13-14-12-10-8-6-4-2;1-2-3;;1-5(2,3)4;/h3-14H2,1-2H3;3H,2H2,1H3;;(H2,1,2,3,4);. The summed E-state index contributed by atoms with van der Waals surface area (Å²) in [6.07, 6.45) is 17.4. The van der Waals surface area contributed by atoms with Gasteiger partial charge >= 0.3 is 40.0 Å². The van der Waals surface area contributed by atoms with E-state index in [0.29, 0.717) is 0 Å². The van der Waals surface area contributed by atoms with Crippen molar-refractivity contribution < 1.29 is 22.6 Å². The summed E-state index contributed by atoms with van der Waals surface area (Å²) in [4.78, 5) is 0. The molecule has 0 fully saturated rings. The van der Waals surface area contributed by atoms with Crippen molar-refractivity contribution in [3.63, 3.8) is 0 Å². The average Bonchev–Trinajstić information content (AvgIpc) is 2.40. The molecule has 0 bridgehead atoms. The molecule has 0 spiro atoms. The summed E-state index contributed by atoms with van der Waals surface area (Å²) in [5, 5.41) is 7.57. The molecule has 23 heavy (non-hydrogen) atoms. The molecular weight excluding hydrogens is 327 g/mol. The number of unbranched alkanes of at least 4 members (excludes halogenated alkanes) is 11. The van der Waals surface area contributed by atoms with Gasteiger partial charge in [0, 0.05) is 6.61 Å². The van der Waals surface area contributed by atoms with Crippen LogP contribution in [0.5, 0.6) is 0 Å². The van der Waals surface area contributed by atoms with Gasteiger partial charge in [-0.15, -0.1) is 0 Å². The van der Waals surface area contributed by atoms with Crippen LogP contribution in [0, 0.1) is 0 Å². The quantitative estimate of drug-likeness (QED) is 0.286. The topological polar surface area (TPSA) is 94.8 Å². The first kappa shape index (κ1) is 31.6. The summed E-state index contributed by atoms with van der Waals surface area (Å²) in [5.74, 6) is 0. The Morgan fingerprint density at radius 2 is 0.739 bits per heavy atom. The van der Waals surface area contributed by atoms with Crippen LogP contribution in [0.3, 0.4) is 0 Å². The zero-order valence-electron chi connectivity index (χ0n) is 14.8. The van der Waals surface area contributed by atoms with Gasteiger partial charge in [-0.2, -0.15) is 8.42 Å². The van der Waals surface area contributed by atoms with E-state index in [1.54, 1.807) is 6.92 Å². The summed E-state index contributed by atoms with van der Waals surface area (Å²) >= 11 is 0. The SMILES string of the molecule is CCCCCCCCCCCCCC.CCO.O=S(=O)(O)O.[NaH]. The van der Waals surface area contributed by atoms with Gasteiger partial charge < -0.3 is 5.11 Å². The maximum atomic E-state index is 8.74. The third kappa shape index (κ3) is 70.8. The van der Waals surface area contributed by atoms with Gasteiger partial charge in [0.1, 0.15) is 0 Å². The first-order chi connectivity index (χ1) is 10.3. The van der Waals surface area contributed by atoms with Gasteiger partial charge in [0.25, 0.3) is 0 Å². The zero-order valence-corrected chi connectivity index (χ0v) is 15.6. The molecule has 0 atom stereocenters. The Labute approximate surface area is 166 Å².